The van der Waals surface area contributed by atoms with E-state index in [9.17, 15) is 10.1 Å². The molecule has 23 heavy (non-hydrogen) atoms. The molecule has 0 spiro atoms. The number of nitriles is 1. The van der Waals surface area contributed by atoms with Gasteiger partial charge in [-0.2, -0.15) is 10.4 Å². The minimum Gasteiger partial charge on any atom is -0.481 e. The van der Waals surface area contributed by atoms with Crippen molar-refractivity contribution in [3.05, 3.63) is 45.1 Å². The van der Waals surface area contributed by atoms with Crippen molar-refractivity contribution in [2.75, 3.05) is 12.4 Å². The lowest BCUT2D eigenvalue weighted by atomic mass is 10.1. The number of methoxy groups -OCH3 is 1. The van der Waals surface area contributed by atoms with Crippen LogP contribution >= 0.6 is 0 Å². The fourth-order valence-electron chi connectivity index (χ4n) is 2.41. The largest absolute Gasteiger partial charge is 0.481 e. The second kappa shape index (κ2) is 6.79. The summed E-state index contributed by atoms with van der Waals surface area (Å²) >= 11 is 0. The molecular weight excluding hydrogens is 298 g/mol. The van der Waals surface area contributed by atoms with Gasteiger partial charge in [0, 0.05) is 25.3 Å². The summed E-state index contributed by atoms with van der Waals surface area (Å²) in [7, 11) is 3.39. The smallest absolute Gasteiger partial charge is 0.287 e. The van der Waals surface area contributed by atoms with Crippen molar-refractivity contribution in [3.8, 4) is 11.9 Å². The van der Waals surface area contributed by atoms with E-state index in [0.29, 0.717) is 18.1 Å². The van der Waals surface area contributed by atoms with Gasteiger partial charge >= 0.3 is 0 Å². The second-order valence-electron chi connectivity index (χ2n) is 4.87. The van der Waals surface area contributed by atoms with Gasteiger partial charge in [-0.3, -0.25) is 10.1 Å². The van der Waals surface area contributed by atoms with Gasteiger partial charge in [-0.15, -0.1) is 0 Å². The monoisotopic (exact) mass is 315 g/mol. The van der Waals surface area contributed by atoms with Gasteiger partial charge in [-0.1, -0.05) is 6.92 Å². The van der Waals surface area contributed by atoms with Crippen molar-refractivity contribution in [2.24, 2.45) is 7.05 Å². The first-order chi connectivity index (χ1) is 11.0. The number of nitro groups is 1. The van der Waals surface area contributed by atoms with Gasteiger partial charge in [0.1, 0.15) is 11.6 Å². The zero-order chi connectivity index (χ0) is 17.0. The molecule has 2 rings (SSSR count). The number of aromatic nitrogens is 2. The summed E-state index contributed by atoms with van der Waals surface area (Å²) < 4.78 is 7.03. The van der Waals surface area contributed by atoms with E-state index >= 15 is 0 Å². The SMILES string of the molecule is CCc1nn(C)c(OC)c1CNc1ccc([N+](=O)[O-])c(C#N)c1. The molecule has 0 atom stereocenters. The van der Waals surface area contributed by atoms with Crippen LogP contribution in [0.1, 0.15) is 23.7 Å². The van der Waals surface area contributed by atoms with E-state index in [4.69, 9.17) is 10.00 Å². The lowest BCUT2D eigenvalue weighted by Crippen LogP contribution is -2.04. The molecule has 1 heterocycles. The predicted octanol–water partition coefficient (Wildman–Crippen LogP) is 2.38. The van der Waals surface area contributed by atoms with E-state index < -0.39 is 4.92 Å². The van der Waals surface area contributed by atoms with Crippen LogP contribution in [0, 0.1) is 21.4 Å². The molecule has 120 valence electrons. The van der Waals surface area contributed by atoms with Crippen molar-refractivity contribution >= 4 is 11.4 Å². The van der Waals surface area contributed by atoms with Crippen LogP contribution < -0.4 is 10.1 Å². The second-order valence-corrected chi connectivity index (χ2v) is 4.87. The molecule has 0 aliphatic carbocycles. The van der Waals surface area contributed by atoms with Crippen molar-refractivity contribution < 1.29 is 9.66 Å². The highest BCUT2D eigenvalue weighted by molar-refractivity contribution is 5.59. The summed E-state index contributed by atoms with van der Waals surface area (Å²) in [4.78, 5) is 10.3. The van der Waals surface area contributed by atoms with E-state index in [1.807, 2.05) is 13.0 Å². The number of anilines is 1. The molecule has 0 unspecified atom stereocenters. The minimum absolute atomic E-state index is 0.0221. The van der Waals surface area contributed by atoms with Crippen molar-refractivity contribution in [2.45, 2.75) is 19.9 Å². The summed E-state index contributed by atoms with van der Waals surface area (Å²) in [5.41, 5.74) is 2.29. The van der Waals surface area contributed by atoms with Crippen LogP contribution in [-0.4, -0.2) is 21.8 Å². The number of nitrogens with zero attached hydrogens (tertiary/aromatic N) is 4. The molecule has 1 N–H and O–H groups in total. The van der Waals surface area contributed by atoms with Gasteiger partial charge in [0.15, 0.2) is 0 Å². The Hall–Kier alpha value is -3.08. The topological polar surface area (TPSA) is 106 Å². The van der Waals surface area contributed by atoms with E-state index in [1.165, 1.54) is 12.1 Å². The summed E-state index contributed by atoms with van der Waals surface area (Å²) in [6, 6.07) is 6.21. The van der Waals surface area contributed by atoms with E-state index in [1.54, 1.807) is 24.9 Å². The zero-order valence-corrected chi connectivity index (χ0v) is 13.2. The molecule has 0 saturated heterocycles. The Bertz CT molecular complexity index is 776. The molecule has 0 bridgehead atoms. The molecule has 1 aromatic carbocycles. The van der Waals surface area contributed by atoms with Crippen molar-refractivity contribution in [3.63, 3.8) is 0 Å². The molecule has 0 amide bonds. The Morgan fingerprint density at radius 1 is 1.52 bits per heavy atom. The third-order valence-electron chi connectivity index (χ3n) is 3.48. The highest BCUT2D eigenvalue weighted by atomic mass is 16.6. The number of aryl methyl sites for hydroxylation is 2. The average Bonchev–Trinajstić information content (AvgIpc) is 2.87. The highest BCUT2D eigenvalue weighted by Crippen LogP contribution is 2.25. The third kappa shape index (κ3) is 3.23. The van der Waals surface area contributed by atoms with Crippen LogP contribution in [0.2, 0.25) is 0 Å². The van der Waals surface area contributed by atoms with Gasteiger partial charge < -0.3 is 10.1 Å². The molecule has 0 radical (unpaired) electrons. The number of nitro benzene ring substituents is 1. The first kappa shape index (κ1) is 16.3. The van der Waals surface area contributed by atoms with Gasteiger partial charge in [-0.05, 0) is 18.6 Å². The Kier molecular flexibility index (Phi) is 4.81. The fourth-order valence-corrected chi connectivity index (χ4v) is 2.41. The Balaban J connectivity index is 2.25. The van der Waals surface area contributed by atoms with Gasteiger partial charge in [0.2, 0.25) is 5.88 Å². The summed E-state index contributed by atoms with van der Waals surface area (Å²) in [6.07, 6.45) is 0.762. The predicted molar refractivity (Wildman–Crippen MR) is 84.3 cm³/mol. The molecule has 2 aromatic rings. The van der Waals surface area contributed by atoms with E-state index in [-0.39, 0.29) is 11.3 Å². The van der Waals surface area contributed by atoms with Crippen LogP contribution in [0.15, 0.2) is 18.2 Å². The van der Waals surface area contributed by atoms with Crippen molar-refractivity contribution in [1.82, 2.24) is 9.78 Å². The Morgan fingerprint density at radius 2 is 2.26 bits per heavy atom. The molecule has 0 aliphatic rings. The van der Waals surface area contributed by atoms with Crippen LogP contribution in [0.3, 0.4) is 0 Å². The molecule has 0 saturated carbocycles. The lowest BCUT2D eigenvalue weighted by molar-refractivity contribution is -0.385. The number of hydrogen-bond donors (Lipinski definition) is 1. The maximum absolute atomic E-state index is 10.8. The van der Waals surface area contributed by atoms with Crippen molar-refractivity contribution in [1.29, 1.82) is 5.26 Å². The minimum atomic E-state index is -0.568. The normalized spacial score (nSPS) is 10.2. The summed E-state index contributed by atoms with van der Waals surface area (Å²) in [6.45, 7) is 2.45. The standard InChI is InChI=1S/C15H17N5O3/c1-4-13-12(15(23-3)19(2)18-13)9-17-11-5-6-14(20(21)22)10(7-11)8-16/h5-7,17H,4,9H2,1-3H3. The lowest BCUT2D eigenvalue weighted by Gasteiger charge is -2.09. The zero-order valence-electron chi connectivity index (χ0n) is 13.2. The van der Waals surface area contributed by atoms with E-state index in [2.05, 4.69) is 10.4 Å². The Morgan fingerprint density at radius 3 is 2.83 bits per heavy atom. The molecular formula is C15H17N5O3. The number of rotatable bonds is 6. The fraction of sp³-hybridized carbons (Fsp3) is 0.333. The van der Waals surface area contributed by atoms with Crippen LogP contribution in [0.4, 0.5) is 11.4 Å². The van der Waals surface area contributed by atoms with Crippen LogP contribution in [0.5, 0.6) is 5.88 Å². The molecule has 1 aromatic heterocycles. The van der Waals surface area contributed by atoms with Crippen LogP contribution in [0.25, 0.3) is 0 Å². The number of nitrogens with one attached hydrogen (secondary N) is 1. The highest BCUT2D eigenvalue weighted by Gasteiger charge is 2.17. The third-order valence-corrected chi connectivity index (χ3v) is 3.48. The number of benzene rings is 1. The molecule has 0 fully saturated rings. The number of hydrogen-bond acceptors (Lipinski definition) is 6. The molecule has 0 aliphatic heterocycles. The van der Waals surface area contributed by atoms with Crippen LogP contribution in [-0.2, 0) is 20.0 Å². The number of ether oxygens (including phenoxy) is 1. The maximum Gasteiger partial charge on any atom is 0.287 e. The first-order valence-electron chi connectivity index (χ1n) is 7.02. The summed E-state index contributed by atoms with van der Waals surface area (Å²) in [5, 5.41) is 27.4. The maximum atomic E-state index is 10.8. The van der Waals surface area contributed by atoms with E-state index in [0.717, 1.165) is 17.7 Å². The molecule has 8 heteroatoms. The van der Waals surface area contributed by atoms with Gasteiger partial charge in [0.05, 0.1) is 23.3 Å². The first-order valence-corrected chi connectivity index (χ1v) is 7.02. The quantitative estimate of drug-likeness (QED) is 0.648. The van der Waals surface area contributed by atoms with Gasteiger partial charge in [-0.25, -0.2) is 4.68 Å². The summed E-state index contributed by atoms with van der Waals surface area (Å²) in [5.74, 6) is 0.664. The van der Waals surface area contributed by atoms with Gasteiger partial charge in [0.25, 0.3) is 5.69 Å². The Labute approximate surface area is 133 Å². The average molecular weight is 315 g/mol. The molecule has 8 nitrogen and oxygen atoms in total.